The van der Waals surface area contributed by atoms with Gasteiger partial charge < -0.3 is 9.84 Å². The Morgan fingerprint density at radius 1 is 1.29 bits per heavy atom. The molecule has 0 amide bonds. The maximum Gasteiger partial charge on any atom is 0.200 e. The summed E-state index contributed by atoms with van der Waals surface area (Å²) in [4.78, 5) is 0.218. The molecule has 0 aromatic heterocycles. The van der Waals surface area contributed by atoms with Gasteiger partial charge in [0.15, 0.2) is 0 Å². The summed E-state index contributed by atoms with van der Waals surface area (Å²) in [7, 11) is -1.93. The number of sulfone groups is 1. The average molecular weight is 254 g/mol. The SMILES string of the molecule is COc1ccc2c(c1)C(C(C)(C)O)=CS2(=O)=O. The molecule has 17 heavy (non-hydrogen) atoms. The molecule has 1 aliphatic rings. The van der Waals surface area contributed by atoms with Gasteiger partial charge >= 0.3 is 0 Å². The van der Waals surface area contributed by atoms with Gasteiger partial charge in [-0.1, -0.05) is 0 Å². The van der Waals surface area contributed by atoms with Gasteiger partial charge in [0, 0.05) is 16.5 Å². The van der Waals surface area contributed by atoms with Crippen LogP contribution in [0.25, 0.3) is 5.57 Å². The van der Waals surface area contributed by atoms with Crippen LogP contribution >= 0.6 is 0 Å². The first-order valence-corrected chi connectivity index (χ1v) is 6.68. The maximum absolute atomic E-state index is 11.9. The summed E-state index contributed by atoms with van der Waals surface area (Å²) >= 11 is 0. The minimum atomic E-state index is -3.44. The third-order valence-corrected chi connectivity index (χ3v) is 4.23. The van der Waals surface area contributed by atoms with E-state index in [1.54, 1.807) is 26.0 Å². The fourth-order valence-electron chi connectivity index (χ4n) is 1.85. The number of aliphatic hydroxyl groups is 1. The number of methoxy groups -OCH3 is 1. The van der Waals surface area contributed by atoms with Crippen molar-refractivity contribution in [3.8, 4) is 5.75 Å². The summed E-state index contributed by atoms with van der Waals surface area (Å²) in [6, 6.07) is 4.72. The van der Waals surface area contributed by atoms with Gasteiger partial charge in [0.2, 0.25) is 9.84 Å². The van der Waals surface area contributed by atoms with E-state index in [4.69, 9.17) is 4.74 Å². The van der Waals surface area contributed by atoms with Gasteiger partial charge in [-0.25, -0.2) is 8.42 Å². The fraction of sp³-hybridized carbons (Fsp3) is 0.333. The summed E-state index contributed by atoms with van der Waals surface area (Å²) in [5.74, 6) is 0.566. The monoisotopic (exact) mass is 254 g/mol. The van der Waals surface area contributed by atoms with Crippen molar-refractivity contribution in [2.75, 3.05) is 7.11 Å². The zero-order valence-electron chi connectivity index (χ0n) is 9.89. The Kier molecular flexibility index (Phi) is 2.56. The molecule has 1 heterocycles. The van der Waals surface area contributed by atoms with Crippen LogP contribution in [0.15, 0.2) is 28.5 Å². The van der Waals surface area contributed by atoms with Crippen molar-refractivity contribution in [3.63, 3.8) is 0 Å². The molecular formula is C12H14O4S. The number of hydrogen-bond donors (Lipinski definition) is 1. The predicted molar refractivity (Wildman–Crippen MR) is 64.5 cm³/mol. The lowest BCUT2D eigenvalue weighted by atomic mass is 9.93. The number of rotatable bonds is 2. The second kappa shape index (κ2) is 3.58. The second-order valence-electron chi connectivity index (χ2n) is 4.50. The lowest BCUT2D eigenvalue weighted by Crippen LogP contribution is -2.19. The lowest BCUT2D eigenvalue weighted by Gasteiger charge is -2.19. The minimum absolute atomic E-state index is 0.218. The quantitative estimate of drug-likeness (QED) is 0.870. The zero-order valence-corrected chi connectivity index (χ0v) is 10.7. The largest absolute Gasteiger partial charge is 0.497 e. The van der Waals surface area contributed by atoms with Crippen LogP contribution in [0.3, 0.4) is 0 Å². The molecule has 5 heteroatoms. The van der Waals surface area contributed by atoms with Crippen LogP contribution in [0.5, 0.6) is 5.75 Å². The van der Waals surface area contributed by atoms with E-state index in [0.717, 1.165) is 5.41 Å². The number of hydrogen-bond acceptors (Lipinski definition) is 4. The van der Waals surface area contributed by atoms with Gasteiger partial charge in [-0.2, -0.15) is 0 Å². The molecule has 1 aromatic rings. The predicted octanol–water partition coefficient (Wildman–Crippen LogP) is 1.59. The number of ether oxygens (including phenoxy) is 1. The highest BCUT2D eigenvalue weighted by Crippen LogP contribution is 2.40. The Labute approximate surface area is 100 Å². The van der Waals surface area contributed by atoms with Gasteiger partial charge in [0.25, 0.3) is 0 Å². The van der Waals surface area contributed by atoms with Gasteiger partial charge in [0.1, 0.15) is 5.75 Å². The molecule has 1 N–H and O–H groups in total. The molecule has 92 valence electrons. The van der Waals surface area contributed by atoms with Crippen molar-refractivity contribution in [1.82, 2.24) is 0 Å². The molecule has 0 aliphatic carbocycles. The van der Waals surface area contributed by atoms with E-state index < -0.39 is 15.4 Å². The van der Waals surface area contributed by atoms with Crippen molar-refractivity contribution in [1.29, 1.82) is 0 Å². The minimum Gasteiger partial charge on any atom is -0.497 e. The molecule has 1 aromatic carbocycles. The molecule has 1 aliphatic heterocycles. The van der Waals surface area contributed by atoms with Crippen LogP contribution in [0.4, 0.5) is 0 Å². The van der Waals surface area contributed by atoms with Crippen LogP contribution < -0.4 is 4.74 Å². The van der Waals surface area contributed by atoms with Crippen molar-refractivity contribution in [2.24, 2.45) is 0 Å². The average Bonchev–Trinajstić information content (AvgIpc) is 2.50. The Bertz CT molecular complexity index is 591. The summed E-state index contributed by atoms with van der Waals surface area (Å²) in [5.41, 5.74) is -0.298. The van der Waals surface area contributed by atoms with E-state index in [9.17, 15) is 13.5 Å². The standard InChI is InChI=1S/C12H14O4S/c1-12(2,13)10-7-17(14,15)11-5-4-8(16-3)6-9(10)11/h4-7,13H,1-3H3. The van der Waals surface area contributed by atoms with E-state index in [2.05, 4.69) is 0 Å². The van der Waals surface area contributed by atoms with Crippen molar-refractivity contribution >= 4 is 15.4 Å². The van der Waals surface area contributed by atoms with Gasteiger partial charge in [-0.05, 0) is 32.0 Å². The van der Waals surface area contributed by atoms with Crippen LogP contribution in [0, 0.1) is 0 Å². The van der Waals surface area contributed by atoms with Crippen molar-refractivity contribution < 1.29 is 18.3 Å². The van der Waals surface area contributed by atoms with Crippen LogP contribution in [-0.4, -0.2) is 26.2 Å². The number of benzene rings is 1. The highest BCUT2D eigenvalue weighted by Gasteiger charge is 2.34. The molecular weight excluding hydrogens is 240 g/mol. The molecule has 0 saturated carbocycles. The normalized spacial score (nSPS) is 17.5. The first kappa shape index (κ1) is 12.1. The molecule has 0 fully saturated rings. The van der Waals surface area contributed by atoms with E-state index in [1.807, 2.05) is 0 Å². The van der Waals surface area contributed by atoms with Crippen molar-refractivity contribution in [2.45, 2.75) is 24.3 Å². The Balaban J connectivity index is 2.72. The van der Waals surface area contributed by atoms with E-state index in [1.165, 1.54) is 13.2 Å². The molecule has 4 nitrogen and oxygen atoms in total. The lowest BCUT2D eigenvalue weighted by molar-refractivity contribution is 0.144. The van der Waals surface area contributed by atoms with E-state index in [-0.39, 0.29) is 4.90 Å². The highest BCUT2D eigenvalue weighted by atomic mass is 32.2. The first-order chi connectivity index (χ1) is 7.75. The molecule has 0 bridgehead atoms. The van der Waals surface area contributed by atoms with E-state index in [0.29, 0.717) is 16.9 Å². The summed E-state index contributed by atoms with van der Waals surface area (Å²) < 4.78 is 28.8. The highest BCUT2D eigenvalue weighted by molar-refractivity contribution is 7.95. The Hall–Kier alpha value is -1.33. The van der Waals surface area contributed by atoms with Gasteiger partial charge in [0.05, 0.1) is 17.6 Å². The number of fused-ring (bicyclic) bond motifs is 1. The van der Waals surface area contributed by atoms with Crippen LogP contribution in [-0.2, 0) is 9.84 Å². The Morgan fingerprint density at radius 2 is 1.94 bits per heavy atom. The smallest absolute Gasteiger partial charge is 0.200 e. The van der Waals surface area contributed by atoms with Crippen LogP contribution in [0.1, 0.15) is 19.4 Å². The fourth-order valence-corrected chi connectivity index (χ4v) is 3.44. The summed E-state index contributed by atoms with van der Waals surface area (Å²) in [6.07, 6.45) is 0. The molecule has 2 rings (SSSR count). The molecule has 0 spiro atoms. The Morgan fingerprint density at radius 3 is 2.47 bits per heavy atom. The summed E-state index contributed by atoms with van der Waals surface area (Å²) in [6.45, 7) is 3.12. The molecule has 0 unspecified atom stereocenters. The first-order valence-electron chi connectivity index (χ1n) is 5.14. The van der Waals surface area contributed by atoms with Gasteiger partial charge in [-0.15, -0.1) is 0 Å². The van der Waals surface area contributed by atoms with Crippen LogP contribution in [0.2, 0.25) is 0 Å². The molecule has 0 saturated heterocycles. The topological polar surface area (TPSA) is 63.6 Å². The molecule has 0 atom stereocenters. The van der Waals surface area contributed by atoms with E-state index >= 15 is 0 Å². The van der Waals surface area contributed by atoms with Gasteiger partial charge in [-0.3, -0.25) is 0 Å². The summed E-state index contributed by atoms with van der Waals surface area (Å²) in [5, 5.41) is 11.1. The maximum atomic E-state index is 11.9. The third kappa shape index (κ3) is 1.96. The second-order valence-corrected chi connectivity index (χ2v) is 6.26. The molecule has 0 radical (unpaired) electrons. The zero-order chi connectivity index (χ0) is 12.8. The van der Waals surface area contributed by atoms with Crippen molar-refractivity contribution in [3.05, 3.63) is 29.2 Å². The third-order valence-electron chi connectivity index (χ3n) is 2.72.